The van der Waals surface area contributed by atoms with Crippen LogP contribution < -0.4 is 10.1 Å². The van der Waals surface area contributed by atoms with Gasteiger partial charge in [-0.3, -0.25) is 4.79 Å². The Hall–Kier alpha value is -1.71. The van der Waals surface area contributed by atoms with Crippen molar-refractivity contribution in [3.05, 3.63) is 64.1 Å². The monoisotopic (exact) mass is 323 g/mol. The molecule has 1 unspecified atom stereocenters. The summed E-state index contributed by atoms with van der Waals surface area (Å²) in [5.41, 5.74) is 1.03. The van der Waals surface area contributed by atoms with Crippen LogP contribution >= 0.6 is 23.2 Å². The zero-order valence-corrected chi connectivity index (χ0v) is 13.0. The SMILES string of the molecule is CC(Oc1cc(Cl)ccc1Cl)C(=O)NCc1ccccc1. The molecule has 1 N–H and O–H groups in total. The molecule has 0 radical (unpaired) electrons. The van der Waals surface area contributed by atoms with Gasteiger partial charge in [0.05, 0.1) is 5.02 Å². The maximum absolute atomic E-state index is 12.0. The van der Waals surface area contributed by atoms with E-state index in [1.165, 1.54) is 0 Å². The Morgan fingerprint density at radius 2 is 1.90 bits per heavy atom. The lowest BCUT2D eigenvalue weighted by Gasteiger charge is -2.16. The highest BCUT2D eigenvalue weighted by Crippen LogP contribution is 2.28. The highest BCUT2D eigenvalue weighted by molar-refractivity contribution is 6.34. The molecule has 2 rings (SSSR count). The summed E-state index contributed by atoms with van der Waals surface area (Å²) in [4.78, 5) is 12.0. The summed E-state index contributed by atoms with van der Waals surface area (Å²) in [5, 5.41) is 3.74. The average Bonchev–Trinajstić information content (AvgIpc) is 2.49. The van der Waals surface area contributed by atoms with E-state index in [4.69, 9.17) is 27.9 Å². The number of nitrogens with one attached hydrogen (secondary N) is 1. The van der Waals surface area contributed by atoms with Crippen LogP contribution in [0.3, 0.4) is 0 Å². The molecule has 0 aliphatic rings. The van der Waals surface area contributed by atoms with E-state index >= 15 is 0 Å². The lowest BCUT2D eigenvalue weighted by atomic mass is 10.2. The molecule has 0 aliphatic heterocycles. The number of amides is 1. The van der Waals surface area contributed by atoms with Crippen molar-refractivity contribution in [2.24, 2.45) is 0 Å². The van der Waals surface area contributed by atoms with Gasteiger partial charge in [0, 0.05) is 17.6 Å². The molecular weight excluding hydrogens is 309 g/mol. The maximum Gasteiger partial charge on any atom is 0.261 e. The Kier molecular flexibility index (Phi) is 5.48. The molecule has 110 valence electrons. The molecule has 0 spiro atoms. The molecular formula is C16H15Cl2NO2. The fourth-order valence-electron chi connectivity index (χ4n) is 1.74. The number of hydrogen-bond donors (Lipinski definition) is 1. The third kappa shape index (κ3) is 4.66. The van der Waals surface area contributed by atoms with Crippen LogP contribution in [-0.4, -0.2) is 12.0 Å². The van der Waals surface area contributed by atoms with Gasteiger partial charge in [0.25, 0.3) is 5.91 Å². The van der Waals surface area contributed by atoms with Crippen molar-refractivity contribution < 1.29 is 9.53 Å². The second-order valence-electron chi connectivity index (χ2n) is 4.54. The minimum atomic E-state index is -0.662. The van der Waals surface area contributed by atoms with Gasteiger partial charge in [0.1, 0.15) is 5.75 Å². The molecule has 0 fully saturated rings. The van der Waals surface area contributed by atoms with Crippen molar-refractivity contribution in [2.45, 2.75) is 19.6 Å². The van der Waals surface area contributed by atoms with E-state index in [9.17, 15) is 4.79 Å². The standard InChI is InChI=1S/C16H15Cl2NO2/c1-11(21-15-9-13(17)7-8-14(15)18)16(20)19-10-12-5-3-2-4-6-12/h2-9,11H,10H2,1H3,(H,19,20). The first-order valence-electron chi connectivity index (χ1n) is 6.49. The van der Waals surface area contributed by atoms with Gasteiger partial charge in [-0.1, -0.05) is 53.5 Å². The van der Waals surface area contributed by atoms with E-state index in [1.807, 2.05) is 30.3 Å². The highest BCUT2D eigenvalue weighted by Gasteiger charge is 2.16. The molecule has 0 aliphatic carbocycles. The third-order valence-electron chi connectivity index (χ3n) is 2.88. The fraction of sp³-hybridized carbons (Fsp3) is 0.188. The summed E-state index contributed by atoms with van der Waals surface area (Å²) in [6.07, 6.45) is -0.662. The molecule has 0 saturated carbocycles. The van der Waals surface area contributed by atoms with Crippen LogP contribution in [0, 0.1) is 0 Å². The zero-order chi connectivity index (χ0) is 15.2. The molecule has 1 amide bonds. The van der Waals surface area contributed by atoms with Gasteiger partial charge in [-0.25, -0.2) is 0 Å². The van der Waals surface area contributed by atoms with Gasteiger partial charge >= 0.3 is 0 Å². The second kappa shape index (κ2) is 7.34. The number of carbonyl (C=O) groups excluding carboxylic acids is 1. The lowest BCUT2D eigenvalue weighted by Crippen LogP contribution is -2.35. The van der Waals surface area contributed by atoms with Crippen molar-refractivity contribution in [1.29, 1.82) is 0 Å². The Morgan fingerprint density at radius 3 is 2.62 bits per heavy atom. The van der Waals surface area contributed by atoms with Crippen LogP contribution in [0.1, 0.15) is 12.5 Å². The summed E-state index contributed by atoms with van der Waals surface area (Å²) in [6, 6.07) is 14.5. The predicted octanol–water partition coefficient (Wildman–Crippen LogP) is 4.08. The number of ether oxygens (including phenoxy) is 1. The van der Waals surface area contributed by atoms with Crippen LogP contribution in [0.2, 0.25) is 10.0 Å². The average molecular weight is 324 g/mol. The first-order valence-corrected chi connectivity index (χ1v) is 7.25. The van der Waals surface area contributed by atoms with Crippen LogP contribution in [-0.2, 0) is 11.3 Å². The van der Waals surface area contributed by atoms with Crippen molar-refractivity contribution in [3.63, 3.8) is 0 Å². The van der Waals surface area contributed by atoms with Crippen molar-refractivity contribution in [3.8, 4) is 5.75 Å². The minimum absolute atomic E-state index is 0.213. The minimum Gasteiger partial charge on any atom is -0.479 e. The van der Waals surface area contributed by atoms with E-state index in [0.717, 1.165) is 5.56 Å². The van der Waals surface area contributed by atoms with Gasteiger partial charge in [-0.15, -0.1) is 0 Å². The summed E-state index contributed by atoms with van der Waals surface area (Å²) >= 11 is 11.9. The summed E-state index contributed by atoms with van der Waals surface area (Å²) in [7, 11) is 0. The third-order valence-corrected chi connectivity index (χ3v) is 3.42. The van der Waals surface area contributed by atoms with Gasteiger partial charge < -0.3 is 10.1 Å². The Bertz CT molecular complexity index is 617. The highest BCUT2D eigenvalue weighted by atomic mass is 35.5. The number of hydrogen-bond acceptors (Lipinski definition) is 2. The van der Waals surface area contributed by atoms with E-state index in [-0.39, 0.29) is 5.91 Å². The molecule has 2 aromatic carbocycles. The normalized spacial score (nSPS) is 11.8. The van der Waals surface area contributed by atoms with Gasteiger partial charge in [0.2, 0.25) is 0 Å². The Labute approximate surface area is 133 Å². The molecule has 1 atom stereocenters. The largest absolute Gasteiger partial charge is 0.479 e. The van der Waals surface area contributed by atoms with Crippen LogP contribution in [0.5, 0.6) is 5.75 Å². The van der Waals surface area contributed by atoms with Crippen LogP contribution in [0.4, 0.5) is 0 Å². The van der Waals surface area contributed by atoms with Crippen molar-refractivity contribution in [1.82, 2.24) is 5.32 Å². The quantitative estimate of drug-likeness (QED) is 0.900. The summed E-state index contributed by atoms with van der Waals surface area (Å²) < 4.78 is 5.55. The summed E-state index contributed by atoms with van der Waals surface area (Å²) in [5.74, 6) is 0.182. The first kappa shape index (κ1) is 15.7. The molecule has 0 bridgehead atoms. The fourth-order valence-corrected chi connectivity index (χ4v) is 2.06. The van der Waals surface area contributed by atoms with Crippen molar-refractivity contribution in [2.75, 3.05) is 0 Å². The maximum atomic E-state index is 12.0. The summed E-state index contributed by atoms with van der Waals surface area (Å²) in [6.45, 7) is 2.12. The molecule has 5 heteroatoms. The number of benzene rings is 2. The molecule has 2 aromatic rings. The number of rotatable bonds is 5. The molecule has 3 nitrogen and oxygen atoms in total. The van der Waals surface area contributed by atoms with Crippen molar-refractivity contribution >= 4 is 29.1 Å². The second-order valence-corrected chi connectivity index (χ2v) is 5.38. The Balaban J connectivity index is 1.92. The van der Waals surface area contributed by atoms with Gasteiger partial charge in [-0.2, -0.15) is 0 Å². The van der Waals surface area contributed by atoms with Gasteiger partial charge in [0.15, 0.2) is 6.10 Å². The first-order chi connectivity index (χ1) is 10.1. The van der Waals surface area contributed by atoms with E-state index in [1.54, 1.807) is 25.1 Å². The van der Waals surface area contributed by atoms with E-state index in [0.29, 0.717) is 22.3 Å². The van der Waals surface area contributed by atoms with Crippen LogP contribution in [0.25, 0.3) is 0 Å². The molecule has 0 heterocycles. The molecule has 0 saturated heterocycles. The smallest absolute Gasteiger partial charge is 0.261 e. The lowest BCUT2D eigenvalue weighted by molar-refractivity contribution is -0.127. The number of carbonyl (C=O) groups is 1. The zero-order valence-electron chi connectivity index (χ0n) is 11.5. The van der Waals surface area contributed by atoms with Gasteiger partial charge in [-0.05, 0) is 24.6 Å². The Morgan fingerprint density at radius 1 is 1.19 bits per heavy atom. The molecule has 21 heavy (non-hydrogen) atoms. The number of halogens is 2. The molecule has 0 aromatic heterocycles. The topological polar surface area (TPSA) is 38.3 Å². The van der Waals surface area contributed by atoms with E-state index < -0.39 is 6.10 Å². The predicted molar refractivity (Wildman–Crippen MR) is 84.8 cm³/mol. The van der Waals surface area contributed by atoms with Crippen LogP contribution in [0.15, 0.2) is 48.5 Å². The van der Waals surface area contributed by atoms with E-state index in [2.05, 4.69) is 5.32 Å².